The third kappa shape index (κ3) is 6.58. The second-order valence-corrected chi connectivity index (χ2v) is 8.24. The minimum Gasteiger partial charge on any atom is -0.483 e. The number of hydrogen-bond acceptors (Lipinski definition) is 3. The van der Waals surface area contributed by atoms with Crippen LogP contribution in [0.25, 0.3) is 11.0 Å². The Hall–Kier alpha value is -2.82. The number of carbonyl (C=O) groups is 1. The Morgan fingerprint density at radius 1 is 1.06 bits per heavy atom. The van der Waals surface area contributed by atoms with E-state index in [2.05, 4.69) is 41.1 Å². The van der Waals surface area contributed by atoms with Gasteiger partial charge in [0.15, 0.2) is 6.61 Å². The Morgan fingerprint density at radius 2 is 1.90 bits per heavy atom. The van der Waals surface area contributed by atoms with Crippen molar-refractivity contribution in [1.29, 1.82) is 0 Å². The molecule has 3 aromatic rings. The van der Waals surface area contributed by atoms with Crippen molar-refractivity contribution in [2.24, 2.45) is 0 Å². The number of rotatable bonds is 12. The van der Waals surface area contributed by atoms with Crippen molar-refractivity contribution in [1.82, 2.24) is 14.9 Å². The molecule has 0 saturated heterocycles. The number of nitrogens with zero attached hydrogens (tertiary/aromatic N) is 2. The molecule has 0 aliphatic carbocycles. The van der Waals surface area contributed by atoms with Crippen molar-refractivity contribution < 1.29 is 9.53 Å². The first-order valence-corrected chi connectivity index (χ1v) is 11.5. The van der Waals surface area contributed by atoms with Crippen molar-refractivity contribution in [3.63, 3.8) is 0 Å². The number of amides is 1. The number of hydrogen-bond donors (Lipinski definition) is 1. The Labute approximate surface area is 185 Å². The van der Waals surface area contributed by atoms with Gasteiger partial charge in [-0.1, -0.05) is 44.0 Å². The highest BCUT2D eigenvalue weighted by molar-refractivity contribution is 5.77. The van der Waals surface area contributed by atoms with Crippen LogP contribution in [0.3, 0.4) is 0 Å². The van der Waals surface area contributed by atoms with E-state index in [1.807, 2.05) is 32.0 Å². The van der Waals surface area contributed by atoms with Crippen molar-refractivity contribution in [3.8, 4) is 5.75 Å². The van der Waals surface area contributed by atoms with Crippen LogP contribution in [0.2, 0.25) is 0 Å². The predicted octanol–water partition coefficient (Wildman–Crippen LogP) is 5.36. The molecule has 1 amide bonds. The Bertz CT molecular complexity index is 993. The van der Waals surface area contributed by atoms with E-state index in [1.165, 1.54) is 24.2 Å². The van der Waals surface area contributed by atoms with Crippen LogP contribution in [0.5, 0.6) is 5.75 Å². The topological polar surface area (TPSA) is 56.2 Å². The SMILES string of the molecule is CCCCn1c(CCCCCNC(=O)COc2cc(C)ccc2C)nc2ccccc21. The second-order valence-electron chi connectivity index (χ2n) is 8.24. The fourth-order valence-corrected chi connectivity index (χ4v) is 3.75. The first-order valence-electron chi connectivity index (χ1n) is 11.5. The van der Waals surface area contributed by atoms with Gasteiger partial charge in [0.05, 0.1) is 11.0 Å². The first kappa shape index (κ1) is 22.9. The van der Waals surface area contributed by atoms with Gasteiger partial charge in [0.25, 0.3) is 5.91 Å². The number of aryl methyl sites for hydroxylation is 4. The van der Waals surface area contributed by atoms with Crippen LogP contribution in [0.4, 0.5) is 0 Å². The molecule has 0 spiro atoms. The molecule has 0 atom stereocenters. The molecule has 5 heteroatoms. The van der Waals surface area contributed by atoms with Gasteiger partial charge in [-0.05, 0) is 62.4 Å². The zero-order valence-electron chi connectivity index (χ0n) is 19.1. The van der Waals surface area contributed by atoms with E-state index in [9.17, 15) is 4.79 Å². The molecule has 0 saturated carbocycles. The summed E-state index contributed by atoms with van der Waals surface area (Å²) in [7, 11) is 0. The van der Waals surface area contributed by atoms with E-state index >= 15 is 0 Å². The zero-order valence-corrected chi connectivity index (χ0v) is 19.1. The maximum absolute atomic E-state index is 12.1. The molecule has 1 N–H and O–H groups in total. The standard InChI is InChI=1S/C26H35N3O2/c1-4-5-17-29-23-12-9-8-11-22(23)28-25(29)13-7-6-10-16-27-26(30)19-31-24-18-20(2)14-15-21(24)3/h8-9,11-12,14-15,18H,4-7,10,13,16-17,19H2,1-3H3,(H,27,30). The highest BCUT2D eigenvalue weighted by atomic mass is 16.5. The molecule has 2 aromatic carbocycles. The number of imidazole rings is 1. The lowest BCUT2D eigenvalue weighted by Gasteiger charge is -2.10. The molecule has 0 unspecified atom stereocenters. The molecule has 31 heavy (non-hydrogen) atoms. The fourth-order valence-electron chi connectivity index (χ4n) is 3.75. The van der Waals surface area contributed by atoms with Crippen LogP contribution in [0.15, 0.2) is 42.5 Å². The lowest BCUT2D eigenvalue weighted by atomic mass is 10.1. The third-order valence-corrected chi connectivity index (χ3v) is 5.57. The summed E-state index contributed by atoms with van der Waals surface area (Å²) in [6, 6.07) is 14.4. The number of unbranched alkanes of at least 4 members (excludes halogenated alkanes) is 3. The highest BCUT2D eigenvalue weighted by Gasteiger charge is 2.10. The van der Waals surface area contributed by atoms with E-state index in [0.29, 0.717) is 6.54 Å². The second kappa shape index (κ2) is 11.5. The van der Waals surface area contributed by atoms with Gasteiger partial charge in [-0.25, -0.2) is 4.98 Å². The summed E-state index contributed by atoms with van der Waals surface area (Å²) >= 11 is 0. The van der Waals surface area contributed by atoms with E-state index in [-0.39, 0.29) is 12.5 Å². The molecule has 0 radical (unpaired) electrons. The molecule has 166 valence electrons. The molecule has 0 aliphatic heterocycles. The number of para-hydroxylation sites is 2. The summed E-state index contributed by atoms with van der Waals surface area (Å²) in [4.78, 5) is 16.9. The van der Waals surface area contributed by atoms with Crippen LogP contribution in [0.1, 0.15) is 56.0 Å². The average molecular weight is 422 g/mol. The van der Waals surface area contributed by atoms with Crippen LogP contribution in [0, 0.1) is 13.8 Å². The summed E-state index contributed by atoms with van der Waals surface area (Å²) in [5.41, 5.74) is 4.50. The van der Waals surface area contributed by atoms with E-state index in [4.69, 9.17) is 9.72 Å². The summed E-state index contributed by atoms with van der Waals surface area (Å²) in [6.07, 6.45) is 6.42. The van der Waals surface area contributed by atoms with Crippen LogP contribution < -0.4 is 10.1 Å². The maximum Gasteiger partial charge on any atom is 0.257 e. The summed E-state index contributed by atoms with van der Waals surface area (Å²) in [5.74, 6) is 1.89. The summed E-state index contributed by atoms with van der Waals surface area (Å²) in [6.45, 7) is 8.00. The lowest BCUT2D eigenvalue weighted by molar-refractivity contribution is -0.123. The Morgan fingerprint density at radius 3 is 2.74 bits per heavy atom. The fraction of sp³-hybridized carbons (Fsp3) is 0.462. The smallest absolute Gasteiger partial charge is 0.257 e. The van der Waals surface area contributed by atoms with Crippen molar-refractivity contribution in [2.45, 2.75) is 65.8 Å². The van der Waals surface area contributed by atoms with Gasteiger partial charge in [0, 0.05) is 19.5 Å². The van der Waals surface area contributed by atoms with E-state index in [1.54, 1.807) is 0 Å². The average Bonchev–Trinajstić information content (AvgIpc) is 3.12. The van der Waals surface area contributed by atoms with Crippen LogP contribution in [-0.2, 0) is 17.8 Å². The number of ether oxygens (including phenoxy) is 1. The van der Waals surface area contributed by atoms with Crippen molar-refractivity contribution in [3.05, 3.63) is 59.4 Å². The van der Waals surface area contributed by atoms with Crippen LogP contribution >= 0.6 is 0 Å². The minimum atomic E-state index is -0.0673. The molecule has 3 rings (SSSR count). The Balaban J connectivity index is 1.37. The van der Waals surface area contributed by atoms with Crippen molar-refractivity contribution in [2.75, 3.05) is 13.2 Å². The van der Waals surface area contributed by atoms with E-state index < -0.39 is 0 Å². The summed E-state index contributed by atoms with van der Waals surface area (Å²) < 4.78 is 8.05. The van der Waals surface area contributed by atoms with Crippen molar-refractivity contribution >= 4 is 16.9 Å². The van der Waals surface area contributed by atoms with Gasteiger partial charge in [-0.15, -0.1) is 0 Å². The monoisotopic (exact) mass is 421 g/mol. The highest BCUT2D eigenvalue weighted by Crippen LogP contribution is 2.20. The molecular formula is C26H35N3O2. The van der Waals surface area contributed by atoms with Gasteiger partial charge < -0.3 is 14.6 Å². The molecule has 0 bridgehead atoms. The van der Waals surface area contributed by atoms with Gasteiger partial charge >= 0.3 is 0 Å². The largest absolute Gasteiger partial charge is 0.483 e. The lowest BCUT2D eigenvalue weighted by Crippen LogP contribution is -2.29. The quantitative estimate of drug-likeness (QED) is 0.401. The normalized spacial score (nSPS) is 11.1. The van der Waals surface area contributed by atoms with E-state index in [0.717, 1.165) is 54.6 Å². The summed E-state index contributed by atoms with van der Waals surface area (Å²) in [5, 5.41) is 2.96. The van der Waals surface area contributed by atoms with Gasteiger partial charge in [-0.3, -0.25) is 4.79 Å². The van der Waals surface area contributed by atoms with Gasteiger partial charge in [0.1, 0.15) is 11.6 Å². The Kier molecular flexibility index (Phi) is 8.51. The number of nitrogens with one attached hydrogen (secondary N) is 1. The number of carbonyl (C=O) groups excluding carboxylic acids is 1. The minimum absolute atomic E-state index is 0.0613. The zero-order chi connectivity index (χ0) is 22.1. The molecule has 1 heterocycles. The van der Waals surface area contributed by atoms with Gasteiger partial charge in [-0.2, -0.15) is 0 Å². The molecule has 1 aromatic heterocycles. The third-order valence-electron chi connectivity index (χ3n) is 5.57. The molecule has 0 aliphatic rings. The predicted molar refractivity (Wildman–Crippen MR) is 127 cm³/mol. The maximum atomic E-state index is 12.1. The molecule has 5 nitrogen and oxygen atoms in total. The van der Waals surface area contributed by atoms with Gasteiger partial charge in [0.2, 0.25) is 0 Å². The number of fused-ring (bicyclic) bond motifs is 1. The first-order chi connectivity index (χ1) is 15.1. The molecule has 0 fully saturated rings. The number of aromatic nitrogens is 2. The number of benzene rings is 2. The molecular weight excluding hydrogens is 386 g/mol. The van der Waals surface area contributed by atoms with Crippen LogP contribution in [-0.4, -0.2) is 28.6 Å².